The lowest BCUT2D eigenvalue weighted by atomic mass is 9.92. The van der Waals surface area contributed by atoms with Gasteiger partial charge in [0, 0.05) is 34.6 Å². The fraction of sp³-hybridized carbons (Fsp3) is 0.286. The summed E-state index contributed by atoms with van der Waals surface area (Å²) in [5.41, 5.74) is 36.3. The lowest BCUT2D eigenvalue weighted by Crippen LogP contribution is -2.22. The molecule has 12 N–H and O–H groups in total. The summed E-state index contributed by atoms with van der Waals surface area (Å²) in [6.07, 6.45) is -2.34. The molecule has 0 aromatic heterocycles. The van der Waals surface area contributed by atoms with Gasteiger partial charge < -0.3 is 34.4 Å². The average Bonchev–Trinajstić information content (AvgIpc) is 3.14. The monoisotopic (exact) mass is 746 g/mol. The van der Waals surface area contributed by atoms with Crippen LogP contribution in [0, 0.1) is 53.3 Å². The smallest absolute Gasteiger partial charge is 0.387 e. The Labute approximate surface area is 320 Å². The van der Waals surface area contributed by atoms with Crippen molar-refractivity contribution in [3.63, 3.8) is 0 Å². The van der Waals surface area contributed by atoms with Gasteiger partial charge in [-0.2, -0.15) is 13.2 Å². The van der Waals surface area contributed by atoms with Crippen molar-refractivity contribution < 1.29 is 13.2 Å². The van der Waals surface area contributed by atoms with Crippen molar-refractivity contribution in [3.05, 3.63) is 82.4 Å². The van der Waals surface area contributed by atoms with Crippen LogP contribution in [0.2, 0.25) is 0 Å². The van der Waals surface area contributed by atoms with Crippen molar-refractivity contribution in [1.29, 1.82) is 0 Å². The minimum Gasteiger partial charge on any atom is -0.387 e. The highest BCUT2D eigenvalue weighted by Gasteiger charge is 2.31. The highest BCUT2D eigenvalue weighted by molar-refractivity contribution is 5.83. The molecule has 0 aliphatic heterocycles. The summed E-state index contributed by atoms with van der Waals surface area (Å²) in [7, 11) is 0. The van der Waals surface area contributed by atoms with Crippen LogP contribution in [0.3, 0.4) is 0 Å². The maximum absolute atomic E-state index is 14.5. The van der Waals surface area contributed by atoms with E-state index in [2.05, 4.69) is 67.3 Å². The van der Waals surface area contributed by atoms with E-state index >= 15 is 0 Å². The quantitative estimate of drug-likeness (QED) is 0.0997. The number of amidine groups is 2. The Balaban J connectivity index is 2.24. The fourth-order valence-corrected chi connectivity index (χ4v) is 4.80. The third-order valence-electron chi connectivity index (χ3n) is 7.73. The molecule has 13 heteroatoms. The summed E-state index contributed by atoms with van der Waals surface area (Å²) >= 11 is 0. The molecule has 3 aromatic rings. The Kier molecular flexibility index (Phi) is 16.3. The molecule has 0 fully saturated rings. The van der Waals surface area contributed by atoms with Gasteiger partial charge in [0.2, 0.25) is 0 Å². The van der Waals surface area contributed by atoms with Crippen LogP contribution in [-0.4, -0.2) is 49.8 Å². The second-order valence-corrected chi connectivity index (χ2v) is 12.2. The van der Waals surface area contributed by atoms with E-state index in [-0.39, 0.29) is 55.1 Å². The Bertz CT molecular complexity index is 2210. The summed E-state index contributed by atoms with van der Waals surface area (Å²) < 4.78 is 43.5. The number of alkyl halides is 3. The zero-order valence-electron chi connectivity index (χ0n) is 31.1. The molecule has 3 rings (SSSR count). The van der Waals surface area contributed by atoms with E-state index in [1.165, 1.54) is 0 Å². The topological polar surface area (TPSA) is 206 Å². The predicted octanol–water partition coefficient (Wildman–Crippen LogP) is 4.55. The Morgan fingerprint density at radius 3 is 1.31 bits per heavy atom. The molecule has 1 atom stereocenters. The normalized spacial score (nSPS) is 11.6. The highest BCUT2D eigenvalue weighted by Crippen LogP contribution is 2.37. The van der Waals surface area contributed by atoms with Gasteiger partial charge in [-0.25, -0.2) is 9.98 Å². The second kappa shape index (κ2) is 21.0. The molecule has 1 unspecified atom stereocenters. The molecule has 284 valence electrons. The van der Waals surface area contributed by atoms with Crippen LogP contribution in [0.4, 0.5) is 13.2 Å². The number of halogens is 3. The van der Waals surface area contributed by atoms with Crippen molar-refractivity contribution in [2.24, 2.45) is 60.3 Å². The van der Waals surface area contributed by atoms with Gasteiger partial charge in [0.15, 0.2) is 11.9 Å². The van der Waals surface area contributed by atoms with E-state index in [0.29, 0.717) is 51.5 Å². The van der Waals surface area contributed by atoms with Crippen molar-refractivity contribution in [2.45, 2.75) is 46.2 Å². The van der Waals surface area contributed by atoms with E-state index in [4.69, 9.17) is 34.4 Å². The molecule has 0 spiro atoms. The summed E-state index contributed by atoms with van der Waals surface area (Å²) in [5, 5.41) is 0. The number of aliphatic imine (C=N–C) groups is 4. The van der Waals surface area contributed by atoms with Crippen LogP contribution in [-0.2, 0) is 6.18 Å². The number of hydrogen-bond acceptors (Lipinski definition) is 4. The fourth-order valence-electron chi connectivity index (χ4n) is 4.80. The molecular formula is C42H45F3N10. The van der Waals surface area contributed by atoms with Gasteiger partial charge in [-0.05, 0) is 89.7 Å². The first kappa shape index (κ1) is 42.6. The second-order valence-electron chi connectivity index (χ2n) is 12.2. The molecular weight excluding hydrogens is 702 g/mol. The molecule has 0 saturated heterocycles. The van der Waals surface area contributed by atoms with Gasteiger partial charge >= 0.3 is 6.18 Å². The first-order chi connectivity index (χ1) is 26.2. The average molecular weight is 747 g/mol. The third-order valence-corrected chi connectivity index (χ3v) is 7.73. The molecule has 0 aliphatic carbocycles. The molecule has 55 heavy (non-hydrogen) atoms. The van der Waals surface area contributed by atoms with E-state index in [1.54, 1.807) is 42.5 Å². The molecule has 0 heterocycles. The molecule has 3 aromatic carbocycles. The van der Waals surface area contributed by atoms with Crippen molar-refractivity contribution >= 4 is 23.6 Å². The van der Waals surface area contributed by atoms with Crippen molar-refractivity contribution in [2.75, 3.05) is 26.2 Å². The first-order valence-corrected chi connectivity index (χ1v) is 17.4. The third kappa shape index (κ3) is 15.0. The minimum absolute atomic E-state index is 0.0276. The highest BCUT2D eigenvalue weighted by atomic mass is 19.4. The standard InChI is InChI=1S/C42H45F3N10/c1-4-10-38(46)52-15-6-11-29-19-31(13-8-17-54-40(48)49)23-33(21-29)35-25-36(27-37(26-35)42(43,44)45)34-22-30(12-7-16-53-39(47)28(3)5-2)20-32(24-34)14-9-18-55-41(50)51/h19-28H,4-5,10,15-18H2,1-3H3,(H2,46,52)(H2,47,53)(H4,48,49,54)(H4,50,51,55). The van der Waals surface area contributed by atoms with Crippen LogP contribution in [0.15, 0.2) is 74.6 Å². The number of nitrogens with zero attached hydrogens (tertiary/aromatic N) is 4. The number of guanidine groups is 2. The van der Waals surface area contributed by atoms with Gasteiger partial charge in [-0.1, -0.05) is 68.1 Å². The number of nitrogens with two attached hydrogens (primary N) is 6. The van der Waals surface area contributed by atoms with Crippen LogP contribution in [0.1, 0.15) is 67.9 Å². The van der Waals surface area contributed by atoms with E-state index < -0.39 is 11.7 Å². The first-order valence-electron chi connectivity index (χ1n) is 17.4. The predicted molar refractivity (Wildman–Crippen MR) is 219 cm³/mol. The lowest BCUT2D eigenvalue weighted by Gasteiger charge is -2.14. The SMILES string of the molecule is CCCC(N)=NCC#Cc1cc(C#CCN=C(N)N)cc(-c2cc(-c3cc(C#CCN=C(N)N)cc(C#CCN=C(N)C(C)CC)c3)cc(C(F)(F)F)c2)c1. The van der Waals surface area contributed by atoms with E-state index in [9.17, 15) is 13.2 Å². The minimum atomic E-state index is -4.67. The molecule has 10 nitrogen and oxygen atoms in total. The number of rotatable bonds is 10. The zero-order chi connectivity index (χ0) is 40.4. The van der Waals surface area contributed by atoms with Gasteiger partial charge in [-0.15, -0.1) is 0 Å². The molecule has 0 bridgehead atoms. The van der Waals surface area contributed by atoms with Crippen LogP contribution < -0.4 is 34.4 Å². The van der Waals surface area contributed by atoms with Crippen LogP contribution in [0.25, 0.3) is 22.3 Å². The van der Waals surface area contributed by atoms with Crippen LogP contribution >= 0.6 is 0 Å². The van der Waals surface area contributed by atoms with Crippen molar-refractivity contribution in [1.82, 2.24) is 0 Å². The molecule has 0 saturated carbocycles. The largest absolute Gasteiger partial charge is 0.416 e. The number of benzene rings is 3. The molecule has 0 amide bonds. The number of hydrogen-bond donors (Lipinski definition) is 6. The Morgan fingerprint density at radius 2 is 0.945 bits per heavy atom. The van der Waals surface area contributed by atoms with Gasteiger partial charge in [0.25, 0.3) is 0 Å². The Hall–Kier alpha value is -6.83. The maximum Gasteiger partial charge on any atom is 0.416 e. The van der Waals surface area contributed by atoms with Gasteiger partial charge in [0.1, 0.15) is 26.2 Å². The van der Waals surface area contributed by atoms with Crippen molar-refractivity contribution in [3.8, 4) is 69.6 Å². The summed E-state index contributed by atoms with van der Waals surface area (Å²) in [6, 6.07) is 14.0. The van der Waals surface area contributed by atoms with Gasteiger partial charge in [-0.3, -0.25) is 9.98 Å². The lowest BCUT2D eigenvalue weighted by molar-refractivity contribution is -0.137. The van der Waals surface area contributed by atoms with E-state index in [1.807, 2.05) is 20.8 Å². The summed E-state index contributed by atoms with van der Waals surface area (Å²) in [6.45, 7) is 6.34. The Morgan fingerprint density at radius 1 is 0.564 bits per heavy atom. The van der Waals surface area contributed by atoms with Gasteiger partial charge in [0.05, 0.1) is 17.2 Å². The summed E-state index contributed by atoms with van der Waals surface area (Å²) in [4.78, 5) is 16.4. The maximum atomic E-state index is 14.5. The van der Waals surface area contributed by atoms with E-state index in [0.717, 1.165) is 25.0 Å². The molecule has 0 aliphatic rings. The molecule has 0 radical (unpaired) electrons. The zero-order valence-corrected chi connectivity index (χ0v) is 31.1. The van der Waals surface area contributed by atoms with Crippen LogP contribution in [0.5, 0.6) is 0 Å². The summed E-state index contributed by atoms with van der Waals surface area (Å²) in [5.74, 6) is 24.6.